The average molecular weight is 138 g/mol. The van der Waals surface area contributed by atoms with Gasteiger partial charge in [0.05, 0.1) is 5.70 Å². The summed E-state index contributed by atoms with van der Waals surface area (Å²) in [5, 5.41) is 9.27. The highest BCUT2D eigenvalue weighted by atomic mass is 16.3. The molecule has 0 bridgehead atoms. The molecule has 1 unspecified atom stereocenters. The van der Waals surface area contributed by atoms with Crippen LogP contribution in [0.4, 0.5) is 0 Å². The van der Waals surface area contributed by atoms with E-state index in [1.165, 1.54) is 0 Å². The molecule has 0 aromatic rings. The summed E-state index contributed by atoms with van der Waals surface area (Å²) in [4.78, 5) is 0. The smallest absolute Gasteiger partial charge is 0.135 e. The van der Waals surface area contributed by atoms with E-state index in [2.05, 4.69) is 10.9 Å². The molecule has 1 saturated heterocycles. The Kier molecular flexibility index (Phi) is 1.17. The van der Waals surface area contributed by atoms with Gasteiger partial charge in [0.15, 0.2) is 0 Å². The molecule has 0 aromatic carbocycles. The lowest BCUT2D eigenvalue weighted by Crippen LogP contribution is -2.21. The lowest BCUT2D eigenvalue weighted by molar-refractivity contribution is 0.407. The van der Waals surface area contributed by atoms with Crippen molar-refractivity contribution in [1.82, 2.24) is 10.9 Å². The van der Waals surface area contributed by atoms with Crippen LogP contribution in [0, 0.1) is 5.92 Å². The van der Waals surface area contributed by atoms with E-state index >= 15 is 0 Å². The first-order chi connectivity index (χ1) is 4.88. The van der Waals surface area contributed by atoms with Gasteiger partial charge in [-0.05, 0) is 12.5 Å². The van der Waals surface area contributed by atoms with E-state index < -0.39 is 0 Å². The maximum Gasteiger partial charge on any atom is 0.135 e. The number of aliphatic hydroxyl groups is 1. The third kappa shape index (κ3) is 0.708. The molecular weight excluding hydrogens is 128 g/mol. The van der Waals surface area contributed by atoms with Gasteiger partial charge in [0, 0.05) is 12.5 Å². The van der Waals surface area contributed by atoms with Crippen LogP contribution >= 0.6 is 0 Å². The Morgan fingerprint density at radius 1 is 1.60 bits per heavy atom. The van der Waals surface area contributed by atoms with E-state index in [9.17, 15) is 5.11 Å². The Labute approximate surface area is 59.4 Å². The van der Waals surface area contributed by atoms with Crippen molar-refractivity contribution in [3.05, 3.63) is 23.6 Å². The van der Waals surface area contributed by atoms with Crippen molar-refractivity contribution in [2.24, 2.45) is 5.92 Å². The molecule has 1 aliphatic heterocycles. The van der Waals surface area contributed by atoms with Crippen LogP contribution in [-0.2, 0) is 0 Å². The average Bonchev–Trinajstić information content (AvgIpc) is 2.36. The van der Waals surface area contributed by atoms with Crippen LogP contribution < -0.4 is 10.9 Å². The molecule has 1 heterocycles. The molecule has 0 aromatic heterocycles. The van der Waals surface area contributed by atoms with Gasteiger partial charge in [0.25, 0.3) is 0 Å². The number of allylic oxidation sites excluding steroid dienone is 2. The molecule has 2 aliphatic rings. The second-order valence-electron chi connectivity index (χ2n) is 2.64. The predicted molar refractivity (Wildman–Crippen MR) is 38.0 cm³/mol. The van der Waals surface area contributed by atoms with Gasteiger partial charge in [0.2, 0.25) is 0 Å². The molecule has 0 saturated carbocycles. The number of nitrogens with one attached hydrogen (secondary N) is 2. The first-order valence-corrected chi connectivity index (χ1v) is 3.46. The summed E-state index contributed by atoms with van der Waals surface area (Å²) < 4.78 is 0. The van der Waals surface area contributed by atoms with Crippen molar-refractivity contribution >= 4 is 0 Å². The first-order valence-electron chi connectivity index (χ1n) is 3.46. The van der Waals surface area contributed by atoms with Crippen molar-refractivity contribution < 1.29 is 5.11 Å². The highest BCUT2D eigenvalue weighted by Gasteiger charge is 2.24. The molecule has 1 aliphatic carbocycles. The fourth-order valence-corrected chi connectivity index (χ4v) is 1.38. The summed E-state index contributed by atoms with van der Waals surface area (Å²) in [6, 6.07) is 0. The van der Waals surface area contributed by atoms with Gasteiger partial charge in [-0.15, -0.1) is 0 Å². The van der Waals surface area contributed by atoms with Crippen LogP contribution in [-0.4, -0.2) is 11.7 Å². The minimum atomic E-state index is 0.376. The van der Waals surface area contributed by atoms with Gasteiger partial charge < -0.3 is 10.5 Å². The summed E-state index contributed by atoms with van der Waals surface area (Å²) >= 11 is 0. The zero-order valence-electron chi connectivity index (χ0n) is 5.59. The summed E-state index contributed by atoms with van der Waals surface area (Å²) in [5.41, 5.74) is 6.87. The molecule has 1 atom stereocenters. The second kappa shape index (κ2) is 2.02. The fourth-order valence-electron chi connectivity index (χ4n) is 1.38. The Balaban J connectivity index is 2.32. The Morgan fingerprint density at radius 3 is 3.30 bits per heavy atom. The molecule has 10 heavy (non-hydrogen) atoms. The lowest BCUT2D eigenvalue weighted by atomic mass is 9.98. The van der Waals surface area contributed by atoms with Crippen LogP contribution in [0.2, 0.25) is 0 Å². The summed E-state index contributed by atoms with van der Waals surface area (Å²) in [6.07, 6.45) is 4.77. The number of hydrogen-bond acceptors (Lipinski definition) is 3. The Morgan fingerprint density at radius 2 is 2.50 bits per heavy atom. The number of fused-ring (bicyclic) bond motifs is 1. The van der Waals surface area contributed by atoms with Crippen LogP contribution in [0.3, 0.4) is 0 Å². The minimum absolute atomic E-state index is 0.376. The summed E-state index contributed by atoms with van der Waals surface area (Å²) in [5.74, 6) is 0.839. The van der Waals surface area contributed by atoms with Gasteiger partial charge in [-0.2, -0.15) is 0 Å². The van der Waals surface area contributed by atoms with E-state index in [0.29, 0.717) is 11.7 Å². The molecule has 3 heteroatoms. The van der Waals surface area contributed by atoms with E-state index in [-0.39, 0.29) is 0 Å². The zero-order chi connectivity index (χ0) is 6.97. The van der Waals surface area contributed by atoms with Gasteiger partial charge in [-0.25, -0.2) is 5.43 Å². The van der Waals surface area contributed by atoms with Gasteiger partial charge in [0.1, 0.15) is 5.76 Å². The minimum Gasteiger partial charge on any atom is -0.506 e. The van der Waals surface area contributed by atoms with Crippen LogP contribution in [0.1, 0.15) is 6.42 Å². The zero-order valence-corrected chi connectivity index (χ0v) is 5.59. The Bertz CT molecular complexity index is 208. The van der Waals surface area contributed by atoms with Crippen LogP contribution in [0.25, 0.3) is 0 Å². The molecule has 1 fully saturated rings. The maximum absolute atomic E-state index is 9.27. The highest BCUT2D eigenvalue weighted by Crippen LogP contribution is 2.23. The van der Waals surface area contributed by atoms with Crippen molar-refractivity contribution in [3.8, 4) is 0 Å². The third-order valence-electron chi connectivity index (χ3n) is 1.95. The molecular formula is C7H10N2O. The second-order valence-corrected chi connectivity index (χ2v) is 2.64. The quantitative estimate of drug-likeness (QED) is 0.455. The van der Waals surface area contributed by atoms with E-state index in [1.54, 1.807) is 6.08 Å². The monoisotopic (exact) mass is 138 g/mol. The number of aliphatic hydroxyl groups excluding tert-OH is 1. The highest BCUT2D eigenvalue weighted by molar-refractivity contribution is 5.26. The molecule has 3 N–H and O–H groups in total. The van der Waals surface area contributed by atoms with Crippen molar-refractivity contribution in [2.45, 2.75) is 6.42 Å². The summed E-state index contributed by atoms with van der Waals surface area (Å²) in [6.45, 7) is 0.920. The number of rotatable bonds is 0. The van der Waals surface area contributed by atoms with Crippen LogP contribution in [0.5, 0.6) is 0 Å². The van der Waals surface area contributed by atoms with E-state index in [0.717, 1.165) is 18.7 Å². The van der Waals surface area contributed by atoms with Crippen molar-refractivity contribution in [3.63, 3.8) is 0 Å². The molecule has 0 radical (unpaired) electrons. The number of hydrogen-bond donors (Lipinski definition) is 3. The van der Waals surface area contributed by atoms with Gasteiger partial charge in [-0.1, -0.05) is 6.08 Å². The standard InChI is InChI=1S/C7H10N2O/c10-6-3-1-2-5-4-8-9-7(5)6/h1,3,5,8-10H,2,4H2. The molecule has 2 rings (SSSR count). The SMILES string of the molecule is OC1=C2NNCC2CC=C1. The topological polar surface area (TPSA) is 44.3 Å². The number of hydrazine groups is 1. The predicted octanol–water partition coefficient (Wildman–Crippen LogP) is 0.440. The normalized spacial score (nSPS) is 30.2. The van der Waals surface area contributed by atoms with Crippen molar-refractivity contribution in [2.75, 3.05) is 6.54 Å². The molecule has 54 valence electrons. The van der Waals surface area contributed by atoms with Gasteiger partial charge >= 0.3 is 0 Å². The van der Waals surface area contributed by atoms with Crippen molar-refractivity contribution in [1.29, 1.82) is 0 Å². The van der Waals surface area contributed by atoms with E-state index in [1.807, 2.05) is 6.08 Å². The fraction of sp³-hybridized carbons (Fsp3) is 0.429. The van der Waals surface area contributed by atoms with Crippen LogP contribution in [0.15, 0.2) is 23.6 Å². The largest absolute Gasteiger partial charge is 0.506 e. The van der Waals surface area contributed by atoms with E-state index in [4.69, 9.17) is 0 Å². The molecule has 0 amide bonds. The molecule has 3 nitrogen and oxygen atoms in total. The third-order valence-corrected chi connectivity index (χ3v) is 1.95. The lowest BCUT2D eigenvalue weighted by Gasteiger charge is -2.12. The molecule has 0 spiro atoms. The van der Waals surface area contributed by atoms with Gasteiger partial charge in [-0.3, -0.25) is 0 Å². The summed E-state index contributed by atoms with van der Waals surface area (Å²) in [7, 11) is 0. The first kappa shape index (κ1) is 5.80. The maximum atomic E-state index is 9.27. The Hall–Kier alpha value is -0.960.